The number of fused-ring (bicyclic) bond motifs is 1. The van der Waals surface area contributed by atoms with Crippen LogP contribution < -0.4 is 5.32 Å². The summed E-state index contributed by atoms with van der Waals surface area (Å²) >= 11 is 0. The molecule has 4 aromatic rings. The first-order valence-corrected chi connectivity index (χ1v) is 17.0. The van der Waals surface area contributed by atoms with Crippen molar-refractivity contribution in [1.82, 2.24) is 24.5 Å². The molecule has 1 aliphatic carbocycles. The van der Waals surface area contributed by atoms with Gasteiger partial charge in [-0.3, -0.25) is 24.5 Å². The Morgan fingerprint density at radius 2 is 1.45 bits per heavy atom. The van der Waals surface area contributed by atoms with E-state index in [1.807, 2.05) is 42.5 Å². The van der Waals surface area contributed by atoms with Crippen molar-refractivity contribution in [1.29, 1.82) is 5.26 Å². The van der Waals surface area contributed by atoms with Gasteiger partial charge in [0, 0.05) is 80.2 Å². The van der Waals surface area contributed by atoms with Crippen molar-refractivity contribution >= 4 is 21.7 Å². The van der Waals surface area contributed by atoms with Crippen molar-refractivity contribution in [3.8, 4) is 6.07 Å². The Labute approximate surface area is 273 Å². The highest BCUT2D eigenvalue weighted by Gasteiger charge is 2.65. The fourth-order valence-electron chi connectivity index (χ4n) is 6.96. The van der Waals surface area contributed by atoms with Gasteiger partial charge in [-0.25, -0.2) is 12.7 Å². The van der Waals surface area contributed by atoms with Crippen LogP contribution in [0.15, 0.2) is 116 Å². The zero-order valence-corrected chi connectivity index (χ0v) is 26.3. The summed E-state index contributed by atoms with van der Waals surface area (Å²) in [4.78, 5) is 38.4. The number of rotatable bonds is 10. The average Bonchev–Trinajstić information content (AvgIpc) is 3.40. The molecule has 2 atom stereocenters. The first-order valence-electron chi connectivity index (χ1n) is 15.4. The number of hydrogen-bond donors (Lipinski definition) is 1. The van der Waals surface area contributed by atoms with Crippen LogP contribution in [0.2, 0.25) is 0 Å². The van der Waals surface area contributed by atoms with E-state index >= 15 is 0 Å². The van der Waals surface area contributed by atoms with Crippen LogP contribution in [0, 0.1) is 23.2 Å². The number of aromatic nitrogens is 2. The summed E-state index contributed by atoms with van der Waals surface area (Å²) in [7, 11) is -3.54. The van der Waals surface area contributed by atoms with E-state index in [2.05, 4.69) is 21.4 Å². The largest absolute Gasteiger partial charge is 0.357 e. The maximum Gasteiger partial charge on any atom is 0.254 e. The summed E-state index contributed by atoms with van der Waals surface area (Å²) in [5.41, 5.74) is 2.26. The first kappa shape index (κ1) is 30.5. The molecular formula is C36H32N6O4S. The Morgan fingerprint density at radius 1 is 0.872 bits per heavy atom. The molecule has 2 unspecified atom stereocenters. The van der Waals surface area contributed by atoms with Gasteiger partial charge < -0.3 is 5.32 Å². The molecule has 236 valence electrons. The van der Waals surface area contributed by atoms with E-state index in [4.69, 9.17) is 0 Å². The van der Waals surface area contributed by atoms with Crippen LogP contribution in [0.25, 0.3) is 0 Å². The normalized spacial score (nSPS) is 22.4. The molecule has 3 fully saturated rings. The second-order valence-electron chi connectivity index (χ2n) is 12.4. The molecule has 0 radical (unpaired) electrons. The number of nitriles is 1. The molecule has 2 aliphatic heterocycles. The van der Waals surface area contributed by atoms with E-state index in [1.165, 1.54) is 10.4 Å². The van der Waals surface area contributed by atoms with Crippen molar-refractivity contribution in [2.45, 2.75) is 30.2 Å². The monoisotopic (exact) mass is 644 g/mol. The smallest absolute Gasteiger partial charge is 0.254 e. The molecule has 0 spiro atoms. The molecule has 1 saturated carbocycles. The molecule has 10 nitrogen and oxygen atoms in total. The molecule has 2 aromatic heterocycles. The van der Waals surface area contributed by atoms with Gasteiger partial charge in [-0.2, -0.15) is 5.26 Å². The minimum Gasteiger partial charge on any atom is -0.357 e. The average molecular weight is 645 g/mol. The molecule has 7 rings (SSSR count). The van der Waals surface area contributed by atoms with Gasteiger partial charge in [0.15, 0.2) is 5.78 Å². The highest BCUT2D eigenvalue weighted by molar-refractivity contribution is 7.88. The number of ketones is 1. The van der Waals surface area contributed by atoms with Crippen LogP contribution in [0.4, 0.5) is 0 Å². The van der Waals surface area contributed by atoms with Crippen molar-refractivity contribution in [3.63, 3.8) is 0 Å². The van der Waals surface area contributed by atoms with Gasteiger partial charge in [-0.15, -0.1) is 0 Å². The summed E-state index contributed by atoms with van der Waals surface area (Å²) in [6, 6.07) is 24.8. The van der Waals surface area contributed by atoms with Gasteiger partial charge in [0.25, 0.3) is 5.91 Å². The third kappa shape index (κ3) is 6.05. The molecule has 0 bridgehead atoms. The maximum absolute atomic E-state index is 14.8. The lowest BCUT2D eigenvalue weighted by atomic mass is 9.85. The maximum atomic E-state index is 14.8. The second kappa shape index (κ2) is 12.2. The van der Waals surface area contributed by atoms with Crippen molar-refractivity contribution in [3.05, 3.63) is 143 Å². The van der Waals surface area contributed by atoms with Gasteiger partial charge >= 0.3 is 0 Å². The Morgan fingerprint density at radius 3 is 2.00 bits per heavy atom. The zero-order valence-electron chi connectivity index (χ0n) is 25.4. The fourth-order valence-corrected chi connectivity index (χ4v) is 8.55. The number of hydrogen-bond acceptors (Lipinski definition) is 8. The van der Waals surface area contributed by atoms with Crippen LogP contribution in [-0.2, 0) is 33.4 Å². The molecule has 4 heterocycles. The summed E-state index contributed by atoms with van der Waals surface area (Å²) in [6.07, 6.45) is 8.89. The van der Waals surface area contributed by atoms with Crippen LogP contribution in [0.5, 0.6) is 0 Å². The summed E-state index contributed by atoms with van der Waals surface area (Å²) < 4.78 is 28.2. The molecular weight excluding hydrogens is 613 g/mol. The van der Waals surface area contributed by atoms with Gasteiger partial charge in [-0.1, -0.05) is 30.3 Å². The van der Waals surface area contributed by atoms with E-state index in [0.717, 1.165) is 16.7 Å². The summed E-state index contributed by atoms with van der Waals surface area (Å²) in [5.74, 6) is -0.271. The molecule has 11 heteroatoms. The van der Waals surface area contributed by atoms with E-state index in [9.17, 15) is 23.3 Å². The number of nitrogens with zero attached hydrogens (tertiary/aromatic N) is 5. The fraction of sp³-hybridized carbons (Fsp3) is 0.250. The number of benzene rings is 2. The number of sulfonamides is 1. The molecule has 3 aliphatic rings. The Hall–Kier alpha value is -5.18. The lowest BCUT2D eigenvalue weighted by Gasteiger charge is -2.28. The lowest BCUT2D eigenvalue weighted by Crippen LogP contribution is -2.51. The number of carbonyl (C=O) groups excluding carboxylic acids is 2. The third-order valence-electron chi connectivity index (χ3n) is 9.33. The van der Waals surface area contributed by atoms with Gasteiger partial charge in [0.05, 0.1) is 17.4 Å². The third-order valence-corrected chi connectivity index (χ3v) is 11.1. The van der Waals surface area contributed by atoms with E-state index in [1.54, 1.807) is 66.1 Å². The number of piperidine rings is 1. The van der Waals surface area contributed by atoms with Crippen molar-refractivity contribution < 1.29 is 18.0 Å². The van der Waals surface area contributed by atoms with Gasteiger partial charge in [0.2, 0.25) is 10.0 Å². The Bertz CT molecular complexity index is 1930. The SMILES string of the molecule is N#Cc1ccc(C(=O)C=C2NC(Cc3ccncc3)(Cc3ccncc3)C(=O)N2C2C3CN(S(=O)(=O)Cc4ccccc4)CC32)cc1. The summed E-state index contributed by atoms with van der Waals surface area (Å²) in [5, 5.41) is 12.7. The van der Waals surface area contributed by atoms with Gasteiger partial charge in [-0.05, 0) is 65.2 Å². The van der Waals surface area contributed by atoms with Crippen LogP contribution >= 0.6 is 0 Å². The van der Waals surface area contributed by atoms with Crippen LogP contribution in [0.3, 0.4) is 0 Å². The van der Waals surface area contributed by atoms with E-state index in [0.29, 0.717) is 42.9 Å². The zero-order chi connectivity index (χ0) is 32.6. The number of nitrogens with one attached hydrogen (secondary N) is 1. The van der Waals surface area contributed by atoms with Crippen LogP contribution in [-0.4, -0.2) is 64.0 Å². The number of pyridine rings is 2. The molecule has 47 heavy (non-hydrogen) atoms. The number of amides is 1. The molecule has 1 N–H and O–H groups in total. The Balaban J connectivity index is 1.21. The lowest BCUT2D eigenvalue weighted by molar-refractivity contribution is -0.132. The molecule has 2 saturated heterocycles. The number of carbonyl (C=O) groups is 2. The van der Waals surface area contributed by atoms with Crippen molar-refractivity contribution in [2.75, 3.05) is 13.1 Å². The summed E-state index contributed by atoms with van der Waals surface area (Å²) in [6.45, 7) is 0.625. The standard InChI is InChI=1S/C36H32N6O4S/c37-21-27-6-8-29(9-7-27)32(43)18-33-40-36(19-25-10-14-38-15-11-25,20-26-12-16-39-17-13-26)35(44)42(33)34-30-22-41(23-31(30)34)47(45,46)24-28-4-2-1-3-5-28/h1-18,30-31,34,40H,19-20,22-24H2. The Kier molecular flexibility index (Phi) is 7.91. The van der Waals surface area contributed by atoms with Crippen molar-refractivity contribution in [2.24, 2.45) is 11.8 Å². The second-order valence-corrected chi connectivity index (χ2v) is 14.4. The number of allylic oxidation sites excluding steroid dienone is 1. The minimum atomic E-state index is -3.54. The predicted molar refractivity (Wildman–Crippen MR) is 174 cm³/mol. The highest BCUT2D eigenvalue weighted by atomic mass is 32.2. The van der Waals surface area contributed by atoms with E-state index < -0.39 is 15.6 Å². The van der Waals surface area contributed by atoms with Gasteiger partial charge in [0.1, 0.15) is 11.4 Å². The quantitative estimate of drug-likeness (QED) is 0.205. The molecule has 1 amide bonds. The minimum absolute atomic E-state index is 0.0580. The molecule has 2 aromatic carbocycles. The van der Waals surface area contributed by atoms with E-state index in [-0.39, 0.29) is 35.3 Å². The highest BCUT2D eigenvalue weighted by Crippen LogP contribution is 2.53. The topological polar surface area (TPSA) is 136 Å². The predicted octanol–water partition coefficient (Wildman–Crippen LogP) is 3.49. The first-order chi connectivity index (χ1) is 22.8. The van der Waals surface area contributed by atoms with Crippen LogP contribution in [0.1, 0.15) is 32.6 Å².